The van der Waals surface area contributed by atoms with Gasteiger partial charge in [0, 0.05) is 18.6 Å². The molecule has 1 heteroatoms. The molecule has 0 aromatic heterocycles. The lowest BCUT2D eigenvalue weighted by Gasteiger charge is -2.27. The standard InChI is InChI=1S/C20H29N/c1-14-11-19-8-7-18(13-20(19)12-15(14)2)9-10-21-16(3)5-6-17(21)4/h11-13,16-17H,5-10H2,1-4H3. The van der Waals surface area contributed by atoms with Gasteiger partial charge in [-0.05, 0) is 82.1 Å². The number of fused-ring (bicyclic) bond motifs is 1. The van der Waals surface area contributed by atoms with Crippen molar-refractivity contribution in [3.05, 3.63) is 40.0 Å². The molecule has 1 aliphatic heterocycles. The molecule has 1 nitrogen and oxygen atoms in total. The molecule has 21 heavy (non-hydrogen) atoms. The molecule has 2 atom stereocenters. The quantitative estimate of drug-likeness (QED) is 0.763. The summed E-state index contributed by atoms with van der Waals surface area (Å²) in [6.45, 7) is 10.5. The lowest BCUT2D eigenvalue weighted by Crippen LogP contribution is -2.33. The highest BCUT2D eigenvalue weighted by atomic mass is 15.2. The van der Waals surface area contributed by atoms with Crippen LogP contribution in [0.25, 0.3) is 6.08 Å². The van der Waals surface area contributed by atoms with Gasteiger partial charge in [0.2, 0.25) is 0 Å². The van der Waals surface area contributed by atoms with Crippen molar-refractivity contribution in [3.8, 4) is 0 Å². The van der Waals surface area contributed by atoms with E-state index in [-0.39, 0.29) is 0 Å². The maximum atomic E-state index is 2.71. The molecule has 1 aliphatic carbocycles. The monoisotopic (exact) mass is 283 g/mol. The lowest BCUT2D eigenvalue weighted by atomic mass is 9.88. The first-order valence-electron chi connectivity index (χ1n) is 8.60. The van der Waals surface area contributed by atoms with Gasteiger partial charge in [0.15, 0.2) is 0 Å². The summed E-state index contributed by atoms with van der Waals surface area (Å²) in [6.07, 6.45) is 8.96. The Morgan fingerprint density at radius 1 is 1.00 bits per heavy atom. The van der Waals surface area contributed by atoms with Crippen LogP contribution in [-0.2, 0) is 6.42 Å². The molecule has 0 bridgehead atoms. The minimum absolute atomic E-state index is 0.779. The molecule has 0 amide bonds. The van der Waals surface area contributed by atoms with E-state index in [9.17, 15) is 0 Å². The zero-order chi connectivity index (χ0) is 15.0. The van der Waals surface area contributed by atoms with Crippen LogP contribution in [0.15, 0.2) is 17.7 Å². The lowest BCUT2D eigenvalue weighted by molar-refractivity contribution is 0.216. The molecule has 3 rings (SSSR count). The SMILES string of the molecule is Cc1cc2c(cc1C)CCC(CCN1C(C)CCC1C)=C2. The van der Waals surface area contributed by atoms with Crippen LogP contribution in [-0.4, -0.2) is 23.5 Å². The van der Waals surface area contributed by atoms with Crippen molar-refractivity contribution in [3.63, 3.8) is 0 Å². The van der Waals surface area contributed by atoms with Crippen LogP contribution in [0.3, 0.4) is 0 Å². The predicted octanol–water partition coefficient (Wildman–Crippen LogP) is 4.90. The van der Waals surface area contributed by atoms with E-state index >= 15 is 0 Å². The topological polar surface area (TPSA) is 3.24 Å². The summed E-state index contributed by atoms with van der Waals surface area (Å²) >= 11 is 0. The summed E-state index contributed by atoms with van der Waals surface area (Å²) in [5.74, 6) is 0. The zero-order valence-corrected chi connectivity index (χ0v) is 14.1. The maximum Gasteiger partial charge on any atom is 0.00704 e. The molecule has 114 valence electrons. The highest BCUT2D eigenvalue weighted by molar-refractivity contribution is 5.61. The largest absolute Gasteiger partial charge is 0.298 e. The summed E-state index contributed by atoms with van der Waals surface area (Å²) < 4.78 is 0. The Morgan fingerprint density at radius 2 is 1.67 bits per heavy atom. The minimum atomic E-state index is 0.779. The Morgan fingerprint density at radius 3 is 2.38 bits per heavy atom. The average molecular weight is 283 g/mol. The van der Waals surface area contributed by atoms with E-state index in [2.05, 4.69) is 50.8 Å². The molecular formula is C20H29N. The van der Waals surface area contributed by atoms with Gasteiger partial charge in [-0.3, -0.25) is 4.90 Å². The third-order valence-electron chi connectivity index (χ3n) is 5.66. The van der Waals surface area contributed by atoms with E-state index in [1.54, 1.807) is 11.1 Å². The van der Waals surface area contributed by atoms with Crippen molar-refractivity contribution < 1.29 is 0 Å². The first kappa shape index (κ1) is 14.8. The number of nitrogens with zero attached hydrogens (tertiary/aromatic N) is 1. The van der Waals surface area contributed by atoms with Crippen molar-refractivity contribution in [2.45, 2.75) is 71.9 Å². The molecular weight excluding hydrogens is 254 g/mol. The van der Waals surface area contributed by atoms with Gasteiger partial charge in [0.25, 0.3) is 0 Å². The third-order valence-corrected chi connectivity index (χ3v) is 5.66. The smallest absolute Gasteiger partial charge is 0.00704 e. The van der Waals surface area contributed by atoms with Crippen molar-refractivity contribution in [1.29, 1.82) is 0 Å². The Bertz CT molecular complexity index is 545. The van der Waals surface area contributed by atoms with E-state index in [1.165, 1.54) is 55.3 Å². The van der Waals surface area contributed by atoms with Crippen LogP contribution in [0.2, 0.25) is 0 Å². The van der Waals surface area contributed by atoms with E-state index in [0.717, 1.165) is 12.1 Å². The molecule has 2 unspecified atom stereocenters. The second-order valence-electron chi connectivity index (χ2n) is 7.20. The fourth-order valence-corrected chi connectivity index (χ4v) is 4.00. The van der Waals surface area contributed by atoms with Crippen LogP contribution < -0.4 is 0 Å². The predicted molar refractivity (Wildman–Crippen MR) is 91.7 cm³/mol. The van der Waals surface area contributed by atoms with Crippen LogP contribution in [0.5, 0.6) is 0 Å². The molecule has 2 aliphatic rings. The van der Waals surface area contributed by atoms with E-state index in [1.807, 2.05) is 0 Å². The summed E-state index contributed by atoms with van der Waals surface area (Å²) in [4.78, 5) is 2.71. The molecule has 0 N–H and O–H groups in total. The third kappa shape index (κ3) is 3.08. The Kier molecular flexibility index (Phi) is 4.21. The molecule has 0 saturated carbocycles. The first-order valence-corrected chi connectivity index (χ1v) is 8.60. The maximum absolute atomic E-state index is 2.71. The number of rotatable bonds is 3. The number of hydrogen-bond donors (Lipinski definition) is 0. The fraction of sp³-hybridized carbons (Fsp3) is 0.600. The number of likely N-dealkylation sites (tertiary alicyclic amines) is 1. The Labute approximate surface area is 130 Å². The zero-order valence-electron chi connectivity index (χ0n) is 14.1. The van der Waals surface area contributed by atoms with Crippen LogP contribution in [0, 0.1) is 13.8 Å². The molecule has 1 saturated heterocycles. The molecule has 0 radical (unpaired) electrons. The van der Waals surface area contributed by atoms with Gasteiger partial charge < -0.3 is 0 Å². The summed E-state index contributed by atoms with van der Waals surface area (Å²) in [7, 11) is 0. The Hall–Kier alpha value is -1.08. The fourth-order valence-electron chi connectivity index (χ4n) is 4.00. The normalized spacial score (nSPS) is 25.8. The molecule has 1 fully saturated rings. The van der Waals surface area contributed by atoms with Crippen LogP contribution in [0.1, 0.15) is 61.8 Å². The van der Waals surface area contributed by atoms with Gasteiger partial charge in [0.1, 0.15) is 0 Å². The number of benzene rings is 1. The molecule has 0 spiro atoms. The van der Waals surface area contributed by atoms with Gasteiger partial charge in [-0.1, -0.05) is 23.8 Å². The van der Waals surface area contributed by atoms with Crippen molar-refractivity contribution in [2.24, 2.45) is 0 Å². The van der Waals surface area contributed by atoms with Gasteiger partial charge >= 0.3 is 0 Å². The second-order valence-corrected chi connectivity index (χ2v) is 7.20. The van der Waals surface area contributed by atoms with E-state index < -0.39 is 0 Å². The molecule has 1 heterocycles. The highest BCUT2D eigenvalue weighted by Crippen LogP contribution is 2.30. The van der Waals surface area contributed by atoms with Crippen molar-refractivity contribution >= 4 is 6.08 Å². The second kappa shape index (κ2) is 5.96. The van der Waals surface area contributed by atoms with Gasteiger partial charge in [-0.2, -0.15) is 0 Å². The Balaban J connectivity index is 1.69. The number of hydrogen-bond acceptors (Lipinski definition) is 1. The number of aryl methyl sites for hydroxylation is 3. The summed E-state index contributed by atoms with van der Waals surface area (Å²) in [5, 5.41) is 0. The van der Waals surface area contributed by atoms with Crippen molar-refractivity contribution in [1.82, 2.24) is 4.90 Å². The summed E-state index contributed by atoms with van der Waals surface area (Å²) in [5.41, 5.74) is 7.53. The van der Waals surface area contributed by atoms with Crippen molar-refractivity contribution in [2.75, 3.05) is 6.54 Å². The minimum Gasteiger partial charge on any atom is -0.298 e. The van der Waals surface area contributed by atoms with E-state index in [0.29, 0.717) is 0 Å². The van der Waals surface area contributed by atoms with Gasteiger partial charge in [-0.15, -0.1) is 0 Å². The average Bonchev–Trinajstić information content (AvgIpc) is 2.77. The van der Waals surface area contributed by atoms with Crippen LogP contribution in [0.4, 0.5) is 0 Å². The highest BCUT2D eigenvalue weighted by Gasteiger charge is 2.26. The van der Waals surface area contributed by atoms with E-state index in [4.69, 9.17) is 0 Å². The van der Waals surface area contributed by atoms with Gasteiger partial charge in [0.05, 0.1) is 0 Å². The van der Waals surface area contributed by atoms with Gasteiger partial charge in [-0.25, -0.2) is 0 Å². The first-order chi connectivity index (χ1) is 10.0. The van der Waals surface area contributed by atoms with Crippen LogP contribution >= 0.6 is 0 Å². The summed E-state index contributed by atoms with van der Waals surface area (Å²) in [6, 6.07) is 6.33. The molecule has 1 aromatic carbocycles. The molecule has 1 aromatic rings.